The van der Waals surface area contributed by atoms with Crippen LogP contribution in [0.4, 0.5) is 0 Å². The highest BCUT2D eigenvalue weighted by atomic mass is 16.6. The fraction of sp³-hybridized carbons (Fsp3) is 0.562. The molecule has 1 fully saturated rings. The number of phenolic OH excluding ortho intramolecular Hbond substituents is 2. The zero-order chi connectivity index (χ0) is 28.9. The minimum atomic E-state index is -0.768. The summed E-state index contributed by atoms with van der Waals surface area (Å²) in [6.07, 6.45) is 10.2. The Morgan fingerprint density at radius 1 is 0.900 bits per heavy atom. The number of esters is 2. The number of unbranched alkanes of at least 4 members (excludes halogenated alkanes) is 8. The van der Waals surface area contributed by atoms with Crippen molar-refractivity contribution in [3.63, 3.8) is 0 Å². The number of carbonyl (C=O) groups excluding carboxylic acids is 2. The average molecular weight is 557 g/mol. The number of hydrogen-bond donors (Lipinski definition) is 2. The van der Waals surface area contributed by atoms with Gasteiger partial charge < -0.3 is 29.2 Å². The van der Waals surface area contributed by atoms with Crippen LogP contribution >= 0.6 is 0 Å². The molecule has 1 saturated heterocycles. The van der Waals surface area contributed by atoms with E-state index < -0.39 is 17.9 Å². The lowest BCUT2D eigenvalue weighted by Crippen LogP contribution is -2.28. The molecule has 0 spiro atoms. The van der Waals surface area contributed by atoms with E-state index >= 15 is 0 Å². The van der Waals surface area contributed by atoms with E-state index in [1.165, 1.54) is 64.9 Å². The van der Waals surface area contributed by atoms with Crippen molar-refractivity contribution >= 4 is 11.9 Å². The zero-order valence-corrected chi connectivity index (χ0v) is 24.0. The Balaban J connectivity index is 1.70. The molecule has 0 radical (unpaired) electrons. The van der Waals surface area contributed by atoms with Gasteiger partial charge in [-0.3, -0.25) is 9.59 Å². The molecule has 8 heteroatoms. The van der Waals surface area contributed by atoms with Crippen LogP contribution < -0.4 is 9.47 Å². The molecule has 0 bridgehead atoms. The minimum absolute atomic E-state index is 0.0105. The average Bonchev–Trinajstić information content (AvgIpc) is 3.31. The SMILES string of the molecule is CCCCCCCCCCCC(=O)O[C@@H](c1ccc(O)c(OC)c1)[C@H]1COC(=O)[C@@H]1Cc1ccc(O)c(OC)c1. The minimum Gasteiger partial charge on any atom is -0.504 e. The van der Waals surface area contributed by atoms with Crippen LogP contribution in [-0.4, -0.2) is 43.0 Å². The summed E-state index contributed by atoms with van der Waals surface area (Å²) in [4.78, 5) is 25.9. The molecule has 0 saturated carbocycles. The Hall–Kier alpha value is -3.42. The summed E-state index contributed by atoms with van der Waals surface area (Å²) in [6.45, 7) is 2.31. The first-order valence-corrected chi connectivity index (χ1v) is 14.5. The van der Waals surface area contributed by atoms with Gasteiger partial charge in [-0.1, -0.05) is 70.4 Å². The molecule has 220 valence electrons. The highest BCUT2D eigenvalue weighted by Crippen LogP contribution is 2.41. The van der Waals surface area contributed by atoms with Crippen LogP contribution in [0.25, 0.3) is 0 Å². The Labute approximate surface area is 237 Å². The van der Waals surface area contributed by atoms with Crippen molar-refractivity contribution in [2.75, 3.05) is 20.8 Å². The number of benzene rings is 2. The van der Waals surface area contributed by atoms with Gasteiger partial charge in [-0.15, -0.1) is 0 Å². The van der Waals surface area contributed by atoms with E-state index in [0.29, 0.717) is 24.2 Å². The van der Waals surface area contributed by atoms with Crippen LogP contribution in [-0.2, 0) is 25.5 Å². The number of cyclic esters (lactones) is 1. The van der Waals surface area contributed by atoms with Gasteiger partial charge in [0.15, 0.2) is 23.0 Å². The number of methoxy groups -OCH3 is 2. The first kappa shape index (κ1) is 31.1. The molecule has 1 heterocycles. The van der Waals surface area contributed by atoms with Crippen molar-refractivity contribution in [2.45, 2.75) is 83.7 Å². The lowest BCUT2D eigenvalue weighted by atomic mass is 9.82. The summed E-state index contributed by atoms with van der Waals surface area (Å²) >= 11 is 0. The lowest BCUT2D eigenvalue weighted by molar-refractivity contribution is -0.153. The summed E-state index contributed by atoms with van der Waals surface area (Å²) in [5.41, 5.74) is 1.40. The largest absolute Gasteiger partial charge is 0.504 e. The van der Waals surface area contributed by atoms with E-state index in [2.05, 4.69) is 6.92 Å². The quantitative estimate of drug-likeness (QED) is 0.165. The number of phenols is 2. The first-order valence-electron chi connectivity index (χ1n) is 14.5. The molecule has 40 heavy (non-hydrogen) atoms. The molecule has 1 aliphatic heterocycles. The summed E-state index contributed by atoms with van der Waals surface area (Å²) in [5, 5.41) is 20.1. The molecule has 3 atom stereocenters. The molecule has 1 aliphatic rings. The van der Waals surface area contributed by atoms with Crippen molar-refractivity contribution in [3.8, 4) is 23.0 Å². The second-order valence-corrected chi connectivity index (χ2v) is 10.5. The summed E-state index contributed by atoms with van der Waals surface area (Å²) in [7, 11) is 2.92. The standard InChI is InChI=1S/C32H44O8/c1-4-5-6-7-8-9-10-11-12-13-30(35)40-31(23-15-17-27(34)29(20-23)38-3)25-21-39-32(36)24(25)18-22-14-16-26(33)28(19-22)37-2/h14-17,19-20,24-25,31,33-34H,4-13,18,21H2,1-3H3/t24-,25+,31+/m1/s1. The van der Waals surface area contributed by atoms with Gasteiger partial charge in [-0.2, -0.15) is 0 Å². The second-order valence-electron chi connectivity index (χ2n) is 10.5. The van der Waals surface area contributed by atoms with Crippen LogP contribution in [0.2, 0.25) is 0 Å². The molecule has 3 rings (SSSR count). The van der Waals surface area contributed by atoms with E-state index in [4.69, 9.17) is 18.9 Å². The van der Waals surface area contributed by atoms with Crippen LogP contribution in [0, 0.1) is 11.8 Å². The van der Waals surface area contributed by atoms with Crippen LogP contribution in [0.5, 0.6) is 23.0 Å². The van der Waals surface area contributed by atoms with E-state index in [0.717, 1.165) is 24.8 Å². The van der Waals surface area contributed by atoms with Crippen molar-refractivity contribution in [1.82, 2.24) is 0 Å². The molecular weight excluding hydrogens is 512 g/mol. The molecular formula is C32H44O8. The first-order chi connectivity index (χ1) is 19.4. The maximum absolute atomic E-state index is 13.0. The number of carbonyl (C=O) groups is 2. The van der Waals surface area contributed by atoms with Gasteiger partial charge in [-0.05, 0) is 48.2 Å². The van der Waals surface area contributed by atoms with Crippen LogP contribution in [0.3, 0.4) is 0 Å². The van der Waals surface area contributed by atoms with Gasteiger partial charge in [0, 0.05) is 12.3 Å². The summed E-state index contributed by atoms with van der Waals surface area (Å²) in [6, 6.07) is 9.75. The number of rotatable bonds is 17. The normalized spacial score (nSPS) is 17.3. The molecule has 2 N–H and O–H groups in total. The summed E-state index contributed by atoms with van der Waals surface area (Å²) < 4.78 is 22.0. The predicted molar refractivity (Wildman–Crippen MR) is 152 cm³/mol. The Kier molecular flexibility index (Phi) is 12.4. The molecule has 0 aliphatic carbocycles. The monoisotopic (exact) mass is 556 g/mol. The van der Waals surface area contributed by atoms with Gasteiger partial charge in [0.25, 0.3) is 0 Å². The van der Waals surface area contributed by atoms with Crippen molar-refractivity contribution in [1.29, 1.82) is 0 Å². The maximum Gasteiger partial charge on any atom is 0.309 e. The highest BCUT2D eigenvalue weighted by Gasteiger charge is 2.44. The van der Waals surface area contributed by atoms with Gasteiger partial charge in [-0.25, -0.2) is 0 Å². The van der Waals surface area contributed by atoms with E-state index in [1.54, 1.807) is 24.3 Å². The van der Waals surface area contributed by atoms with Gasteiger partial charge >= 0.3 is 11.9 Å². The maximum atomic E-state index is 13.0. The van der Waals surface area contributed by atoms with Gasteiger partial charge in [0.05, 0.1) is 26.7 Å². The Morgan fingerprint density at radius 3 is 2.15 bits per heavy atom. The van der Waals surface area contributed by atoms with Gasteiger partial charge in [0.1, 0.15) is 6.10 Å². The van der Waals surface area contributed by atoms with Crippen LogP contribution in [0.1, 0.15) is 88.4 Å². The molecule has 8 nitrogen and oxygen atoms in total. The molecule has 0 aromatic heterocycles. The van der Waals surface area contributed by atoms with Crippen molar-refractivity contribution in [2.24, 2.45) is 11.8 Å². The zero-order valence-electron chi connectivity index (χ0n) is 24.0. The van der Waals surface area contributed by atoms with E-state index in [-0.39, 0.29) is 35.8 Å². The second kappa shape index (κ2) is 16.0. The lowest BCUT2D eigenvalue weighted by Gasteiger charge is -2.27. The molecule has 0 unspecified atom stereocenters. The molecule has 2 aromatic rings. The fourth-order valence-corrected chi connectivity index (χ4v) is 5.27. The third-order valence-corrected chi connectivity index (χ3v) is 7.60. The predicted octanol–water partition coefficient (Wildman–Crippen LogP) is 6.65. The molecule has 0 amide bonds. The van der Waals surface area contributed by atoms with E-state index in [1.807, 2.05) is 0 Å². The summed E-state index contributed by atoms with van der Waals surface area (Å²) in [5.74, 6) is -1.19. The topological polar surface area (TPSA) is 112 Å². The van der Waals surface area contributed by atoms with Gasteiger partial charge in [0.2, 0.25) is 0 Å². The van der Waals surface area contributed by atoms with E-state index in [9.17, 15) is 19.8 Å². The Bertz CT molecular complexity index is 1100. The number of ether oxygens (including phenoxy) is 4. The van der Waals surface area contributed by atoms with Crippen molar-refractivity contribution < 1.29 is 38.7 Å². The van der Waals surface area contributed by atoms with Crippen molar-refractivity contribution in [3.05, 3.63) is 47.5 Å². The molecule has 2 aromatic carbocycles. The fourth-order valence-electron chi connectivity index (χ4n) is 5.27. The smallest absolute Gasteiger partial charge is 0.309 e. The Morgan fingerprint density at radius 2 is 1.50 bits per heavy atom. The third-order valence-electron chi connectivity index (χ3n) is 7.60. The third kappa shape index (κ3) is 8.80. The number of hydrogen-bond acceptors (Lipinski definition) is 8. The highest BCUT2D eigenvalue weighted by molar-refractivity contribution is 5.76. The van der Waals surface area contributed by atoms with Crippen LogP contribution in [0.15, 0.2) is 36.4 Å². The number of aromatic hydroxyl groups is 2.